The fourth-order valence-electron chi connectivity index (χ4n) is 2.80. The standard InChI is InChI=1S/C18H22FN5O/c1-13(2)20-18(25)16-7-8-17(22-21-16)24-11-9-23(10-12-24)15-5-3-14(19)4-6-15/h3-8,13H,9-12H2,1-2H3,(H,20,25). The molecule has 1 aromatic carbocycles. The number of hydrogen-bond donors (Lipinski definition) is 1. The van der Waals surface area contributed by atoms with Gasteiger partial charge >= 0.3 is 0 Å². The number of anilines is 2. The zero-order chi connectivity index (χ0) is 17.8. The van der Waals surface area contributed by atoms with Crippen molar-refractivity contribution in [2.75, 3.05) is 36.0 Å². The van der Waals surface area contributed by atoms with Crippen LogP contribution in [0.5, 0.6) is 0 Å². The first-order valence-corrected chi connectivity index (χ1v) is 8.43. The molecule has 1 aliphatic rings. The third-order valence-electron chi connectivity index (χ3n) is 4.10. The summed E-state index contributed by atoms with van der Waals surface area (Å²) in [6.07, 6.45) is 0. The molecule has 1 aromatic heterocycles. The van der Waals surface area contributed by atoms with Gasteiger partial charge in [0.2, 0.25) is 0 Å². The maximum Gasteiger partial charge on any atom is 0.271 e. The van der Waals surface area contributed by atoms with Gasteiger partial charge in [-0.2, -0.15) is 0 Å². The molecule has 0 spiro atoms. The Labute approximate surface area is 146 Å². The summed E-state index contributed by atoms with van der Waals surface area (Å²) in [5.41, 5.74) is 1.34. The Morgan fingerprint density at radius 2 is 1.64 bits per heavy atom. The van der Waals surface area contributed by atoms with Gasteiger partial charge in [0, 0.05) is 37.9 Å². The molecule has 1 aliphatic heterocycles. The summed E-state index contributed by atoms with van der Waals surface area (Å²) in [4.78, 5) is 16.3. The molecule has 0 saturated carbocycles. The van der Waals surface area contributed by atoms with E-state index in [1.165, 1.54) is 12.1 Å². The average molecular weight is 343 g/mol. The van der Waals surface area contributed by atoms with Crippen molar-refractivity contribution in [2.24, 2.45) is 0 Å². The number of piperazine rings is 1. The lowest BCUT2D eigenvalue weighted by Gasteiger charge is -2.36. The van der Waals surface area contributed by atoms with Gasteiger partial charge in [0.1, 0.15) is 5.82 Å². The lowest BCUT2D eigenvalue weighted by atomic mass is 10.2. The van der Waals surface area contributed by atoms with Gasteiger partial charge in [-0.15, -0.1) is 10.2 Å². The van der Waals surface area contributed by atoms with Gasteiger partial charge in [-0.25, -0.2) is 4.39 Å². The van der Waals surface area contributed by atoms with Crippen LogP contribution in [0.2, 0.25) is 0 Å². The zero-order valence-electron chi connectivity index (χ0n) is 14.4. The molecule has 1 amide bonds. The number of carbonyl (C=O) groups is 1. The largest absolute Gasteiger partial charge is 0.368 e. The number of rotatable bonds is 4. The van der Waals surface area contributed by atoms with Gasteiger partial charge in [-0.3, -0.25) is 4.79 Å². The third-order valence-corrected chi connectivity index (χ3v) is 4.10. The molecule has 0 bridgehead atoms. The van der Waals surface area contributed by atoms with Gasteiger partial charge < -0.3 is 15.1 Å². The number of nitrogens with one attached hydrogen (secondary N) is 1. The quantitative estimate of drug-likeness (QED) is 0.921. The summed E-state index contributed by atoms with van der Waals surface area (Å²) in [6.45, 7) is 7.04. The van der Waals surface area contributed by atoms with Gasteiger partial charge in [-0.1, -0.05) is 0 Å². The summed E-state index contributed by atoms with van der Waals surface area (Å²) in [5, 5.41) is 11.0. The number of nitrogens with zero attached hydrogens (tertiary/aromatic N) is 4. The van der Waals surface area contributed by atoms with Crippen molar-refractivity contribution in [3.63, 3.8) is 0 Å². The van der Waals surface area contributed by atoms with Crippen LogP contribution < -0.4 is 15.1 Å². The minimum atomic E-state index is -0.223. The van der Waals surface area contributed by atoms with E-state index in [1.54, 1.807) is 18.2 Å². The van der Waals surface area contributed by atoms with Crippen LogP contribution in [0.4, 0.5) is 15.9 Å². The van der Waals surface area contributed by atoms with E-state index in [-0.39, 0.29) is 17.8 Å². The van der Waals surface area contributed by atoms with Gasteiger partial charge in [0.15, 0.2) is 11.5 Å². The molecular weight excluding hydrogens is 321 g/mol. The van der Waals surface area contributed by atoms with Crippen LogP contribution in [0, 0.1) is 5.82 Å². The fraction of sp³-hybridized carbons (Fsp3) is 0.389. The first-order valence-electron chi connectivity index (χ1n) is 8.43. The average Bonchev–Trinajstić information content (AvgIpc) is 2.62. The lowest BCUT2D eigenvalue weighted by Crippen LogP contribution is -2.47. The molecule has 2 heterocycles. The molecule has 3 rings (SSSR count). The van der Waals surface area contributed by atoms with Crippen molar-refractivity contribution in [1.29, 1.82) is 0 Å². The monoisotopic (exact) mass is 343 g/mol. The predicted octanol–water partition coefficient (Wildman–Crippen LogP) is 2.08. The number of aromatic nitrogens is 2. The van der Waals surface area contributed by atoms with Crippen molar-refractivity contribution in [3.8, 4) is 0 Å². The Balaban J connectivity index is 1.59. The molecule has 7 heteroatoms. The maximum atomic E-state index is 13.0. The molecule has 25 heavy (non-hydrogen) atoms. The normalized spacial score (nSPS) is 14.7. The van der Waals surface area contributed by atoms with Crippen LogP contribution >= 0.6 is 0 Å². The van der Waals surface area contributed by atoms with E-state index in [2.05, 4.69) is 25.3 Å². The van der Waals surface area contributed by atoms with E-state index in [0.29, 0.717) is 5.69 Å². The van der Waals surface area contributed by atoms with Crippen LogP contribution in [0.15, 0.2) is 36.4 Å². The Morgan fingerprint density at radius 3 is 2.20 bits per heavy atom. The van der Waals surface area contributed by atoms with Crippen molar-refractivity contribution < 1.29 is 9.18 Å². The van der Waals surface area contributed by atoms with E-state index in [1.807, 2.05) is 19.9 Å². The van der Waals surface area contributed by atoms with Gasteiger partial charge in [-0.05, 0) is 50.2 Å². The number of amides is 1. The van der Waals surface area contributed by atoms with E-state index in [4.69, 9.17) is 0 Å². The Bertz CT molecular complexity index is 709. The van der Waals surface area contributed by atoms with Crippen LogP contribution in [-0.2, 0) is 0 Å². The zero-order valence-corrected chi connectivity index (χ0v) is 14.4. The lowest BCUT2D eigenvalue weighted by molar-refractivity contribution is 0.0937. The topological polar surface area (TPSA) is 61.4 Å². The number of halogens is 1. The van der Waals surface area contributed by atoms with Crippen molar-refractivity contribution in [3.05, 3.63) is 47.9 Å². The third kappa shape index (κ3) is 4.23. The minimum Gasteiger partial charge on any atom is -0.368 e. The minimum absolute atomic E-state index is 0.0634. The van der Waals surface area contributed by atoms with Gasteiger partial charge in [0.05, 0.1) is 0 Å². The first-order chi connectivity index (χ1) is 12.0. The Morgan fingerprint density at radius 1 is 1.00 bits per heavy atom. The van der Waals surface area contributed by atoms with Crippen molar-refractivity contribution >= 4 is 17.4 Å². The summed E-state index contributed by atoms with van der Waals surface area (Å²) >= 11 is 0. The SMILES string of the molecule is CC(C)NC(=O)c1ccc(N2CCN(c3ccc(F)cc3)CC2)nn1. The molecule has 1 fully saturated rings. The molecule has 0 radical (unpaired) electrons. The van der Waals surface area contributed by atoms with Gasteiger partial charge in [0.25, 0.3) is 5.91 Å². The highest BCUT2D eigenvalue weighted by atomic mass is 19.1. The second-order valence-corrected chi connectivity index (χ2v) is 6.36. The Kier molecular flexibility index (Phi) is 5.11. The van der Waals surface area contributed by atoms with Crippen LogP contribution in [-0.4, -0.2) is 48.3 Å². The van der Waals surface area contributed by atoms with Crippen LogP contribution in [0.25, 0.3) is 0 Å². The smallest absolute Gasteiger partial charge is 0.271 e. The molecule has 2 aromatic rings. The summed E-state index contributed by atoms with van der Waals surface area (Å²) in [5.74, 6) is 0.328. The molecule has 1 N–H and O–H groups in total. The molecule has 0 aliphatic carbocycles. The fourth-order valence-corrected chi connectivity index (χ4v) is 2.80. The number of benzene rings is 1. The Hall–Kier alpha value is -2.70. The number of carbonyl (C=O) groups excluding carboxylic acids is 1. The van der Waals surface area contributed by atoms with E-state index < -0.39 is 0 Å². The predicted molar refractivity (Wildman–Crippen MR) is 95.5 cm³/mol. The summed E-state index contributed by atoms with van der Waals surface area (Å²) < 4.78 is 13.0. The highest BCUT2D eigenvalue weighted by Gasteiger charge is 2.19. The van der Waals surface area contributed by atoms with E-state index in [0.717, 1.165) is 37.7 Å². The molecule has 0 unspecified atom stereocenters. The van der Waals surface area contributed by atoms with E-state index in [9.17, 15) is 9.18 Å². The molecular formula is C18H22FN5O. The second-order valence-electron chi connectivity index (χ2n) is 6.36. The van der Waals surface area contributed by atoms with E-state index >= 15 is 0 Å². The van der Waals surface area contributed by atoms with Crippen molar-refractivity contribution in [1.82, 2.24) is 15.5 Å². The molecule has 6 nitrogen and oxygen atoms in total. The molecule has 1 saturated heterocycles. The maximum absolute atomic E-state index is 13.0. The molecule has 132 valence electrons. The summed E-state index contributed by atoms with van der Waals surface area (Å²) in [7, 11) is 0. The first kappa shape index (κ1) is 17.1. The highest BCUT2D eigenvalue weighted by Crippen LogP contribution is 2.19. The van der Waals surface area contributed by atoms with Crippen LogP contribution in [0.3, 0.4) is 0 Å². The summed E-state index contributed by atoms with van der Waals surface area (Å²) in [6, 6.07) is 10.2. The molecule has 0 atom stereocenters. The van der Waals surface area contributed by atoms with Crippen LogP contribution in [0.1, 0.15) is 24.3 Å². The van der Waals surface area contributed by atoms with Crippen molar-refractivity contribution in [2.45, 2.75) is 19.9 Å². The highest BCUT2D eigenvalue weighted by molar-refractivity contribution is 5.92. The second kappa shape index (κ2) is 7.46. The number of hydrogen-bond acceptors (Lipinski definition) is 5.